The van der Waals surface area contributed by atoms with Gasteiger partial charge < -0.3 is 5.11 Å². The second-order valence-electron chi connectivity index (χ2n) is 4.74. The Kier molecular flexibility index (Phi) is 2.14. The molecule has 1 aromatic heterocycles. The molecule has 1 aliphatic rings. The van der Waals surface area contributed by atoms with Crippen LogP contribution < -0.4 is 0 Å². The normalized spacial score (nSPS) is 23.6. The van der Waals surface area contributed by atoms with E-state index in [0.29, 0.717) is 23.0 Å². The van der Waals surface area contributed by atoms with Crippen molar-refractivity contribution in [1.29, 1.82) is 0 Å². The van der Waals surface area contributed by atoms with Crippen LogP contribution in [0.5, 0.6) is 0 Å². The Balaban J connectivity index is 2.16. The van der Waals surface area contributed by atoms with Gasteiger partial charge in [-0.05, 0) is 30.9 Å². The number of benzene rings is 1. The number of rotatable bonds is 2. The summed E-state index contributed by atoms with van der Waals surface area (Å²) in [6, 6.07) is 5.41. The number of para-hydroxylation sites is 1. The molecular formula is C12H13N3O2. The van der Waals surface area contributed by atoms with Gasteiger partial charge in [0.05, 0.1) is 11.6 Å². The van der Waals surface area contributed by atoms with Gasteiger partial charge in [-0.25, -0.2) is 9.48 Å². The fourth-order valence-corrected chi connectivity index (χ4v) is 2.48. The first-order chi connectivity index (χ1) is 8.16. The molecule has 88 valence electrons. The van der Waals surface area contributed by atoms with E-state index in [1.54, 1.807) is 22.9 Å². The van der Waals surface area contributed by atoms with Crippen LogP contribution in [0.15, 0.2) is 18.2 Å². The van der Waals surface area contributed by atoms with Crippen molar-refractivity contribution >= 4 is 17.0 Å². The predicted molar refractivity (Wildman–Crippen MR) is 61.9 cm³/mol. The number of carboxylic acids is 1. The van der Waals surface area contributed by atoms with Crippen LogP contribution in [0, 0.1) is 5.92 Å². The highest BCUT2D eigenvalue weighted by atomic mass is 16.4. The molecule has 1 fully saturated rings. The number of fused-ring (bicyclic) bond motifs is 1. The summed E-state index contributed by atoms with van der Waals surface area (Å²) in [4.78, 5) is 11.2. The summed E-state index contributed by atoms with van der Waals surface area (Å²) in [5, 5.41) is 17.3. The molecule has 1 N–H and O–H groups in total. The first kappa shape index (κ1) is 10.3. The van der Waals surface area contributed by atoms with Crippen LogP contribution in [0.1, 0.15) is 36.2 Å². The van der Waals surface area contributed by atoms with Gasteiger partial charge in [0.15, 0.2) is 0 Å². The van der Waals surface area contributed by atoms with Gasteiger partial charge in [-0.2, -0.15) is 0 Å². The van der Waals surface area contributed by atoms with Crippen molar-refractivity contribution in [3.63, 3.8) is 0 Å². The van der Waals surface area contributed by atoms with E-state index < -0.39 is 5.97 Å². The van der Waals surface area contributed by atoms with Gasteiger partial charge in [0.2, 0.25) is 0 Å². The number of carboxylic acid groups (broad SMARTS) is 1. The molecule has 2 aromatic rings. The highest BCUT2D eigenvalue weighted by molar-refractivity contribution is 6.00. The minimum atomic E-state index is -0.925. The molecule has 1 aliphatic carbocycles. The largest absolute Gasteiger partial charge is 0.478 e. The Morgan fingerprint density at radius 3 is 2.88 bits per heavy atom. The Bertz CT molecular complexity index is 584. The van der Waals surface area contributed by atoms with E-state index >= 15 is 0 Å². The summed E-state index contributed by atoms with van der Waals surface area (Å²) in [7, 11) is 0. The predicted octanol–water partition coefficient (Wildman–Crippen LogP) is 2.10. The van der Waals surface area contributed by atoms with Crippen molar-refractivity contribution < 1.29 is 9.90 Å². The van der Waals surface area contributed by atoms with Crippen LogP contribution in [-0.2, 0) is 0 Å². The van der Waals surface area contributed by atoms with Crippen molar-refractivity contribution in [3.05, 3.63) is 23.8 Å². The lowest BCUT2D eigenvalue weighted by molar-refractivity contribution is 0.0698. The zero-order chi connectivity index (χ0) is 12.0. The summed E-state index contributed by atoms with van der Waals surface area (Å²) >= 11 is 0. The van der Waals surface area contributed by atoms with Gasteiger partial charge in [-0.15, -0.1) is 5.10 Å². The molecule has 0 aliphatic heterocycles. The van der Waals surface area contributed by atoms with Crippen molar-refractivity contribution in [2.45, 2.75) is 25.8 Å². The van der Waals surface area contributed by atoms with Gasteiger partial charge in [0, 0.05) is 0 Å². The fourth-order valence-electron chi connectivity index (χ4n) is 2.48. The van der Waals surface area contributed by atoms with Gasteiger partial charge in [0.1, 0.15) is 11.0 Å². The number of aromatic nitrogens is 3. The van der Waals surface area contributed by atoms with Crippen molar-refractivity contribution in [2.24, 2.45) is 5.92 Å². The maximum atomic E-state index is 11.2. The molecule has 0 bridgehead atoms. The second-order valence-corrected chi connectivity index (χ2v) is 4.74. The number of nitrogens with zero attached hydrogens (tertiary/aromatic N) is 3. The topological polar surface area (TPSA) is 68.0 Å². The quantitative estimate of drug-likeness (QED) is 0.859. The van der Waals surface area contributed by atoms with Gasteiger partial charge in [-0.3, -0.25) is 0 Å². The molecule has 0 amide bonds. The molecule has 3 rings (SSSR count). The molecule has 0 atom stereocenters. The van der Waals surface area contributed by atoms with E-state index in [2.05, 4.69) is 17.2 Å². The molecular weight excluding hydrogens is 218 g/mol. The number of hydrogen-bond donors (Lipinski definition) is 1. The van der Waals surface area contributed by atoms with E-state index in [9.17, 15) is 9.90 Å². The second kappa shape index (κ2) is 3.55. The van der Waals surface area contributed by atoms with Crippen molar-refractivity contribution in [2.75, 3.05) is 0 Å². The number of carbonyl (C=O) groups is 1. The highest BCUT2D eigenvalue weighted by Crippen LogP contribution is 2.38. The summed E-state index contributed by atoms with van der Waals surface area (Å²) in [6.07, 6.45) is 2.10. The summed E-state index contributed by atoms with van der Waals surface area (Å²) < 4.78 is 1.78. The molecule has 0 spiro atoms. The van der Waals surface area contributed by atoms with Crippen molar-refractivity contribution in [1.82, 2.24) is 15.0 Å². The minimum Gasteiger partial charge on any atom is -0.478 e. The zero-order valence-electron chi connectivity index (χ0n) is 9.50. The van der Waals surface area contributed by atoms with Crippen LogP contribution in [0.4, 0.5) is 0 Å². The molecule has 0 radical (unpaired) electrons. The molecule has 5 nitrogen and oxygen atoms in total. The third-order valence-corrected chi connectivity index (χ3v) is 3.42. The molecule has 1 heterocycles. The van der Waals surface area contributed by atoms with E-state index in [-0.39, 0.29) is 5.56 Å². The maximum absolute atomic E-state index is 11.2. The van der Waals surface area contributed by atoms with E-state index in [4.69, 9.17) is 0 Å². The van der Waals surface area contributed by atoms with E-state index in [0.717, 1.165) is 12.8 Å². The lowest BCUT2D eigenvalue weighted by atomic mass is 9.82. The Morgan fingerprint density at radius 2 is 2.24 bits per heavy atom. The molecule has 17 heavy (non-hydrogen) atoms. The highest BCUT2D eigenvalue weighted by Gasteiger charge is 2.30. The number of aromatic carboxylic acids is 1. The SMILES string of the molecule is CC1CC(n2nnc3cccc(C(=O)O)c32)C1. The van der Waals surface area contributed by atoms with E-state index in [1.807, 2.05) is 0 Å². The lowest BCUT2D eigenvalue weighted by Crippen LogP contribution is -2.26. The Morgan fingerprint density at radius 1 is 1.47 bits per heavy atom. The molecule has 1 saturated carbocycles. The summed E-state index contributed by atoms with van der Waals surface area (Å²) in [5.74, 6) is -0.234. The molecule has 0 saturated heterocycles. The number of hydrogen-bond acceptors (Lipinski definition) is 3. The fraction of sp³-hybridized carbons (Fsp3) is 0.417. The third-order valence-electron chi connectivity index (χ3n) is 3.42. The first-order valence-corrected chi connectivity index (χ1v) is 5.74. The van der Waals surface area contributed by atoms with Crippen molar-refractivity contribution in [3.8, 4) is 0 Å². The Hall–Kier alpha value is -1.91. The average molecular weight is 231 g/mol. The summed E-state index contributed by atoms with van der Waals surface area (Å²) in [6.45, 7) is 2.19. The van der Waals surface area contributed by atoms with Gasteiger partial charge >= 0.3 is 5.97 Å². The zero-order valence-corrected chi connectivity index (χ0v) is 9.50. The smallest absolute Gasteiger partial charge is 0.337 e. The van der Waals surface area contributed by atoms with E-state index in [1.165, 1.54) is 0 Å². The van der Waals surface area contributed by atoms with Crippen LogP contribution in [-0.4, -0.2) is 26.1 Å². The third kappa shape index (κ3) is 1.50. The standard InChI is InChI=1S/C12H13N3O2/c1-7-5-8(6-7)15-11-9(12(16)17)3-2-4-10(11)13-14-15/h2-4,7-8H,5-6H2,1H3,(H,16,17). The lowest BCUT2D eigenvalue weighted by Gasteiger charge is -2.32. The van der Waals surface area contributed by atoms with Crippen LogP contribution in [0.25, 0.3) is 11.0 Å². The molecule has 1 aromatic carbocycles. The Labute approximate surface area is 98.0 Å². The van der Waals surface area contributed by atoms with Crippen LogP contribution >= 0.6 is 0 Å². The first-order valence-electron chi connectivity index (χ1n) is 5.74. The van der Waals surface area contributed by atoms with Crippen LogP contribution in [0.3, 0.4) is 0 Å². The van der Waals surface area contributed by atoms with Crippen LogP contribution in [0.2, 0.25) is 0 Å². The molecule has 0 unspecified atom stereocenters. The van der Waals surface area contributed by atoms with Gasteiger partial charge in [0.25, 0.3) is 0 Å². The monoisotopic (exact) mass is 231 g/mol. The minimum absolute atomic E-state index is 0.284. The average Bonchev–Trinajstić information content (AvgIpc) is 2.67. The molecule has 5 heteroatoms. The van der Waals surface area contributed by atoms with Gasteiger partial charge in [-0.1, -0.05) is 18.2 Å². The maximum Gasteiger partial charge on any atom is 0.337 e. The summed E-state index contributed by atoms with van der Waals surface area (Å²) in [5.41, 5.74) is 1.59.